The molecule has 7 heteroatoms. The summed E-state index contributed by atoms with van der Waals surface area (Å²) in [4.78, 5) is 0.259. The summed E-state index contributed by atoms with van der Waals surface area (Å²) in [7, 11) is 1.38. The molecule has 0 aliphatic carbocycles. The van der Waals surface area contributed by atoms with E-state index in [4.69, 9.17) is 9.47 Å². The van der Waals surface area contributed by atoms with Gasteiger partial charge < -0.3 is 14.8 Å². The number of hydrogen-bond acceptors (Lipinski definition) is 5. The summed E-state index contributed by atoms with van der Waals surface area (Å²) < 4.78 is 36.7. The van der Waals surface area contributed by atoms with Gasteiger partial charge in [0.25, 0.3) is 0 Å². The summed E-state index contributed by atoms with van der Waals surface area (Å²) in [5.74, 6) is 0.699. The number of ether oxygens (including phenoxy) is 2. The van der Waals surface area contributed by atoms with Crippen molar-refractivity contribution in [2.24, 2.45) is 0 Å². The summed E-state index contributed by atoms with van der Waals surface area (Å²) in [6.45, 7) is 3.65. The van der Waals surface area contributed by atoms with Crippen LogP contribution in [-0.2, 0) is 21.3 Å². The SMILES string of the molecule is CCOc1ccc(S(=O)(=O)N(C)CCOC)cc1CNC. The molecule has 0 heterocycles. The van der Waals surface area contributed by atoms with Crippen LogP contribution in [0, 0.1) is 0 Å². The number of methoxy groups -OCH3 is 1. The minimum Gasteiger partial charge on any atom is -0.494 e. The number of sulfonamides is 1. The van der Waals surface area contributed by atoms with Crippen LogP contribution < -0.4 is 10.1 Å². The summed E-state index contributed by atoms with van der Waals surface area (Å²) >= 11 is 0. The zero-order valence-electron chi connectivity index (χ0n) is 13.0. The van der Waals surface area contributed by atoms with Gasteiger partial charge >= 0.3 is 0 Å². The third-order valence-electron chi connectivity index (χ3n) is 3.02. The summed E-state index contributed by atoms with van der Waals surface area (Å²) in [5, 5.41) is 3.02. The molecule has 120 valence electrons. The van der Waals surface area contributed by atoms with Crippen molar-refractivity contribution in [3.05, 3.63) is 23.8 Å². The first-order valence-corrected chi connectivity index (χ1v) is 8.27. The van der Waals surface area contributed by atoms with Gasteiger partial charge in [-0.2, -0.15) is 4.31 Å². The number of likely N-dealkylation sites (N-methyl/N-ethyl adjacent to an activating group) is 1. The molecule has 0 fully saturated rings. The molecule has 0 saturated carbocycles. The van der Waals surface area contributed by atoms with E-state index in [1.165, 1.54) is 4.31 Å². The van der Waals surface area contributed by atoms with Crippen LogP contribution in [0.4, 0.5) is 0 Å². The lowest BCUT2D eigenvalue weighted by Crippen LogP contribution is -2.30. The molecule has 1 rings (SSSR count). The van der Waals surface area contributed by atoms with Crippen molar-refractivity contribution in [3.8, 4) is 5.75 Å². The van der Waals surface area contributed by atoms with Crippen LogP contribution in [0.25, 0.3) is 0 Å². The molecule has 1 N–H and O–H groups in total. The highest BCUT2D eigenvalue weighted by Gasteiger charge is 2.21. The fourth-order valence-corrected chi connectivity index (χ4v) is 3.07. The third-order valence-corrected chi connectivity index (χ3v) is 4.87. The minimum atomic E-state index is -3.51. The largest absolute Gasteiger partial charge is 0.494 e. The molecular weight excluding hydrogens is 292 g/mol. The molecule has 0 radical (unpaired) electrons. The highest BCUT2D eigenvalue weighted by Crippen LogP contribution is 2.24. The fourth-order valence-electron chi connectivity index (χ4n) is 1.86. The van der Waals surface area contributed by atoms with Crippen LogP contribution >= 0.6 is 0 Å². The van der Waals surface area contributed by atoms with Gasteiger partial charge in [0, 0.05) is 32.8 Å². The quantitative estimate of drug-likeness (QED) is 0.738. The Morgan fingerprint density at radius 3 is 2.62 bits per heavy atom. The van der Waals surface area contributed by atoms with Crippen LogP contribution in [-0.4, -0.2) is 53.7 Å². The van der Waals surface area contributed by atoms with E-state index >= 15 is 0 Å². The molecule has 0 aromatic heterocycles. The van der Waals surface area contributed by atoms with Gasteiger partial charge in [-0.25, -0.2) is 8.42 Å². The minimum absolute atomic E-state index is 0.259. The Hall–Kier alpha value is -1.15. The average Bonchev–Trinajstić information content (AvgIpc) is 2.46. The maximum absolute atomic E-state index is 12.5. The van der Waals surface area contributed by atoms with Gasteiger partial charge in [0.15, 0.2) is 0 Å². The highest BCUT2D eigenvalue weighted by atomic mass is 32.2. The Labute approximate surface area is 127 Å². The van der Waals surface area contributed by atoms with Crippen molar-refractivity contribution < 1.29 is 17.9 Å². The van der Waals surface area contributed by atoms with Crippen molar-refractivity contribution in [1.29, 1.82) is 0 Å². The molecule has 1 aromatic carbocycles. The van der Waals surface area contributed by atoms with Crippen LogP contribution in [0.3, 0.4) is 0 Å². The number of nitrogens with zero attached hydrogens (tertiary/aromatic N) is 1. The fraction of sp³-hybridized carbons (Fsp3) is 0.571. The van der Waals surface area contributed by atoms with E-state index in [2.05, 4.69) is 5.32 Å². The predicted molar refractivity (Wildman–Crippen MR) is 82.1 cm³/mol. The Morgan fingerprint density at radius 2 is 2.05 bits per heavy atom. The first-order valence-electron chi connectivity index (χ1n) is 6.83. The Kier molecular flexibility index (Phi) is 7.10. The standard InChI is InChI=1S/C14H24N2O4S/c1-5-20-14-7-6-13(10-12(14)11-15-2)21(17,18)16(3)8-9-19-4/h6-7,10,15H,5,8-9,11H2,1-4H3. The Balaban J connectivity index is 3.09. The van der Waals surface area contributed by atoms with E-state index in [1.54, 1.807) is 32.4 Å². The first kappa shape index (κ1) is 17.9. The summed E-state index contributed by atoms with van der Waals surface area (Å²) in [6.07, 6.45) is 0. The maximum Gasteiger partial charge on any atom is 0.242 e. The first-order chi connectivity index (χ1) is 9.97. The lowest BCUT2D eigenvalue weighted by atomic mass is 10.2. The normalized spacial score (nSPS) is 11.9. The second-order valence-corrected chi connectivity index (χ2v) is 6.60. The predicted octanol–water partition coefficient (Wildman–Crippen LogP) is 1.07. The van der Waals surface area contributed by atoms with Crippen LogP contribution in [0.2, 0.25) is 0 Å². The molecule has 6 nitrogen and oxygen atoms in total. The van der Waals surface area contributed by atoms with Gasteiger partial charge in [-0.15, -0.1) is 0 Å². The van der Waals surface area contributed by atoms with Gasteiger partial charge in [0.1, 0.15) is 5.75 Å². The number of rotatable bonds is 9. The van der Waals surface area contributed by atoms with Crippen molar-refractivity contribution in [1.82, 2.24) is 9.62 Å². The van der Waals surface area contributed by atoms with Gasteiger partial charge in [0.05, 0.1) is 18.1 Å². The lowest BCUT2D eigenvalue weighted by molar-refractivity contribution is 0.185. The van der Waals surface area contributed by atoms with Gasteiger partial charge in [0.2, 0.25) is 10.0 Å². The van der Waals surface area contributed by atoms with Crippen LogP contribution in [0.5, 0.6) is 5.75 Å². The second kappa shape index (κ2) is 8.33. The Bertz CT molecular complexity index is 546. The molecule has 0 spiro atoms. The molecule has 0 saturated heterocycles. The highest BCUT2D eigenvalue weighted by molar-refractivity contribution is 7.89. The van der Waals surface area contributed by atoms with Crippen molar-refractivity contribution >= 4 is 10.0 Å². The van der Waals surface area contributed by atoms with Gasteiger partial charge in [-0.05, 0) is 32.2 Å². The van der Waals surface area contributed by atoms with E-state index in [9.17, 15) is 8.42 Å². The van der Waals surface area contributed by atoms with E-state index in [0.29, 0.717) is 32.1 Å². The maximum atomic E-state index is 12.5. The lowest BCUT2D eigenvalue weighted by Gasteiger charge is -2.18. The zero-order chi connectivity index (χ0) is 15.9. The second-order valence-electron chi connectivity index (χ2n) is 4.55. The monoisotopic (exact) mass is 316 g/mol. The number of benzene rings is 1. The van der Waals surface area contributed by atoms with Crippen LogP contribution in [0.1, 0.15) is 12.5 Å². The average molecular weight is 316 g/mol. The van der Waals surface area contributed by atoms with Crippen LogP contribution in [0.15, 0.2) is 23.1 Å². The smallest absolute Gasteiger partial charge is 0.242 e. The topological polar surface area (TPSA) is 67.9 Å². The van der Waals surface area contributed by atoms with Crippen molar-refractivity contribution in [2.45, 2.75) is 18.4 Å². The number of nitrogens with one attached hydrogen (secondary N) is 1. The summed E-state index contributed by atoms with van der Waals surface area (Å²) in [5.41, 5.74) is 0.820. The van der Waals surface area contributed by atoms with E-state index in [-0.39, 0.29) is 4.90 Å². The van der Waals surface area contributed by atoms with Crippen molar-refractivity contribution in [2.75, 3.05) is 41.0 Å². The molecule has 1 aromatic rings. The number of hydrogen-bond donors (Lipinski definition) is 1. The molecule has 21 heavy (non-hydrogen) atoms. The zero-order valence-corrected chi connectivity index (χ0v) is 13.9. The molecule has 0 amide bonds. The van der Waals surface area contributed by atoms with Crippen molar-refractivity contribution in [3.63, 3.8) is 0 Å². The van der Waals surface area contributed by atoms with Gasteiger partial charge in [-0.3, -0.25) is 0 Å². The van der Waals surface area contributed by atoms with Gasteiger partial charge in [-0.1, -0.05) is 0 Å². The summed E-state index contributed by atoms with van der Waals surface area (Å²) in [6, 6.07) is 4.93. The molecule has 0 aliphatic heterocycles. The molecule has 0 atom stereocenters. The molecule has 0 unspecified atom stereocenters. The molecule has 0 bridgehead atoms. The van der Waals surface area contributed by atoms with E-state index in [0.717, 1.165) is 5.56 Å². The van der Waals surface area contributed by atoms with E-state index < -0.39 is 10.0 Å². The molecule has 0 aliphatic rings. The Morgan fingerprint density at radius 1 is 1.33 bits per heavy atom. The van der Waals surface area contributed by atoms with E-state index in [1.807, 2.05) is 14.0 Å². The molecular formula is C14H24N2O4S. The third kappa shape index (κ3) is 4.67.